The number of allylic oxidation sites excluding steroid dienone is 2. The molecule has 0 aliphatic heterocycles. The zero-order valence-corrected chi connectivity index (χ0v) is 17.5. The van der Waals surface area contributed by atoms with Crippen molar-refractivity contribution in [2.45, 2.75) is 33.1 Å². The zero-order valence-electron chi connectivity index (χ0n) is 16.7. The first-order chi connectivity index (χ1) is 13.6. The van der Waals surface area contributed by atoms with Gasteiger partial charge in [-0.25, -0.2) is 0 Å². The van der Waals surface area contributed by atoms with Crippen molar-refractivity contribution in [1.82, 2.24) is 0 Å². The van der Waals surface area contributed by atoms with Gasteiger partial charge >= 0.3 is 5.97 Å². The van der Waals surface area contributed by atoms with Crippen LogP contribution >= 0.6 is 11.3 Å². The summed E-state index contributed by atoms with van der Waals surface area (Å²) >= 11 is 1.59. The molecule has 28 heavy (non-hydrogen) atoms. The summed E-state index contributed by atoms with van der Waals surface area (Å²) < 4.78 is 5.20. The number of carbonyl (C=O) groups is 2. The molecule has 2 atom stereocenters. The number of ketones is 1. The molecule has 0 unspecified atom stereocenters. The van der Waals surface area contributed by atoms with E-state index in [2.05, 4.69) is 43.0 Å². The van der Waals surface area contributed by atoms with Crippen LogP contribution in [0.25, 0.3) is 5.57 Å². The van der Waals surface area contributed by atoms with Crippen LogP contribution < -0.4 is 4.90 Å². The summed E-state index contributed by atoms with van der Waals surface area (Å²) in [4.78, 5) is 28.7. The molecule has 1 aliphatic rings. The minimum atomic E-state index is -0.753. The minimum Gasteiger partial charge on any atom is -0.465 e. The SMILES string of the molecule is CCOC(=O)[C@@H]1C(=O)C=C(c2ccc(N(CC)CC)cc2)C[C@@H]1c1cccs1. The molecule has 0 bridgehead atoms. The number of hydrogen-bond acceptors (Lipinski definition) is 5. The molecule has 0 fully saturated rings. The van der Waals surface area contributed by atoms with Crippen LogP contribution in [0.2, 0.25) is 0 Å². The van der Waals surface area contributed by atoms with Crippen LogP contribution in [0.5, 0.6) is 0 Å². The maximum Gasteiger partial charge on any atom is 0.317 e. The highest BCUT2D eigenvalue weighted by Gasteiger charge is 2.40. The first-order valence-electron chi connectivity index (χ1n) is 9.88. The van der Waals surface area contributed by atoms with Gasteiger partial charge in [0.15, 0.2) is 5.78 Å². The van der Waals surface area contributed by atoms with Gasteiger partial charge in [0.25, 0.3) is 0 Å². The molecule has 0 saturated carbocycles. The highest BCUT2D eigenvalue weighted by molar-refractivity contribution is 7.10. The Morgan fingerprint density at radius 1 is 1.14 bits per heavy atom. The molecular weight excluding hydrogens is 370 g/mol. The number of anilines is 1. The van der Waals surface area contributed by atoms with Crippen molar-refractivity contribution >= 4 is 34.3 Å². The highest BCUT2D eigenvalue weighted by atomic mass is 32.1. The fourth-order valence-corrected chi connectivity index (χ4v) is 4.69. The molecule has 1 heterocycles. The van der Waals surface area contributed by atoms with Crippen LogP contribution in [0.1, 0.15) is 43.6 Å². The standard InChI is InChI=1S/C23H27NO3S/c1-4-24(5-2)18-11-9-16(10-12-18)17-14-19(21-8-7-13-28-21)22(20(25)15-17)23(26)27-6-3/h7-13,15,19,22H,4-6,14H2,1-3H3/t19-,22+/m1/s1. The first kappa shape index (κ1) is 20.3. The van der Waals surface area contributed by atoms with Crippen molar-refractivity contribution in [3.05, 3.63) is 58.3 Å². The van der Waals surface area contributed by atoms with Crippen molar-refractivity contribution in [3.63, 3.8) is 0 Å². The minimum absolute atomic E-state index is 0.161. The van der Waals surface area contributed by atoms with Gasteiger partial charge in [0.1, 0.15) is 5.92 Å². The van der Waals surface area contributed by atoms with Gasteiger partial charge in [-0.15, -0.1) is 11.3 Å². The van der Waals surface area contributed by atoms with Gasteiger partial charge in [-0.3, -0.25) is 9.59 Å². The average molecular weight is 398 g/mol. The fraction of sp³-hybridized carbons (Fsp3) is 0.391. The third-order valence-corrected chi connectivity index (χ3v) is 6.29. The Morgan fingerprint density at radius 2 is 1.86 bits per heavy atom. The van der Waals surface area contributed by atoms with Gasteiger partial charge in [0, 0.05) is 29.6 Å². The molecule has 5 heteroatoms. The molecule has 0 N–H and O–H groups in total. The van der Waals surface area contributed by atoms with E-state index in [-0.39, 0.29) is 18.3 Å². The predicted octanol–water partition coefficient (Wildman–Crippen LogP) is 4.91. The maximum atomic E-state index is 12.9. The van der Waals surface area contributed by atoms with Crippen LogP contribution in [-0.4, -0.2) is 31.4 Å². The molecule has 0 radical (unpaired) electrons. The van der Waals surface area contributed by atoms with E-state index in [1.807, 2.05) is 17.5 Å². The highest BCUT2D eigenvalue weighted by Crippen LogP contribution is 2.42. The summed E-state index contributed by atoms with van der Waals surface area (Å²) in [6.45, 7) is 8.24. The number of rotatable bonds is 7. The molecular formula is C23H27NO3S. The van der Waals surface area contributed by atoms with Gasteiger partial charge < -0.3 is 9.64 Å². The average Bonchev–Trinajstić information content (AvgIpc) is 3.23. The molecule has 1 aliphatic carbocycles. The van der Waals surface area contributed by atoms with E-state index in [1.165, 1.54) is 5.69 Å². The number of thiophene rings is 1. The van der Waals surface area contributed by atoms with E-state index in [0.717, 1.165) is 29.1 Å². The van der Waals surface area contributed by atoms with E-state index in [1.54, 1.807) is 24.3 Å². The van der Waals surface area contributed by atoms with Crippen LogP contribution in [0.4, 0.5) is 5.69 Å². The largest absolute Gasteiger partial charge is 0.465 e. The summed E-state index contributed by atoms with van der Waals surface area (Å²) in [6, 6.07) is 12.3. The number of ether oxygens (including phenoxy) is 1. The van der Waals surface area contributed by atoms with Crippen molar-refractivity contribution in [2.24, 2.45) is 5.92 Å². The van der Waals surface area contributed by atoms with E-state index in [0.29, 0.717) is 6.42 Å². The van der Waals surface area contributed by atoms with Crippen molar-refractivity contribution in [2.75, 3.05) is 24.6 Å². The summed E-state index contributed by atoms with van der Waals surface area (Å²) in [7, 11) is 0. The van der Waals surface area contributed by atoms with Gasteiger partial charge in [0.2, 0.25) is 0 Å². The Morgan fingerprint density at radius 3 is 2.43 bits per heavy atom. The predicted molar refractivity (Wildman–Crippen MR) is 115 cm³/mol. The first-order valence-corrected chi connectivity index (χ1v) is 10.8. The number of carbonyl (C=O) groups excluding carboxylic acids is 2. The number of hydrogen-bond donors (Lipinski definition) is 0. The van der Waals surface area contributed by atoms with Gasteiger partial charge in [-0.2, -0.15) is 0 Å². The Hall–Kier alpha value is -2.40. The summed E-state index contributed by atoms with van der Waals surface area (Å²) in [5.41, 5.74) is 3.19. The molecule has 3 rings (SSSR count). The molecule has 2 aromatic rings. The van der Waals surface area contributed by atoms with E-state index in [4.69, 9.17) is 4.74 Å². The molecule has 0 amide bonds. The van der Waals surface area contributed by atoms with Crippen LogP contribution in [0.3, 0.4) is 0 Å². The molecule has 4 nitrogen and oxygen atoms in total. The second-order valence-electron chi connectivity index (χ2n) is 6.85. The number of esters is 1. The Kier molecular flexibility index (Phi) is 6.68. The third kappa shape index (κ3) is 4.20. The number of nitrogens with zero attached hydrogens (tertiary/aromatic N) is 1. The van der Waals surface area contributed by atoms with E-state index >= 15 is 0 Å². The molecule has 1 aromatic heterocycles. The lowest BCUT2D eigenvalue weighted by atomic mass is 9.76. The molecule has 148 valence electrons. The molecule has 1 aromatic carbocycles. The topological polar surface area (TPSA) is 46.6 Å². The Labute approximate surface area is 170 Å². The number of benzene rings is 1. The molecule has 0 saturated heterocycles. The van der Waals surface area contributed by atoms with Gasteiger partial charge in [0.05, 0.1) is 6.61 Å². The lowest BCUT2D eigenvalue weighted by Gasteiger charge is -2.28. The van der Waals surface area contributed by atoms with Crippen LogP contribution in [-0.2, 0) is 14.3 Å². The normalized spacial score (nSPS) is 19.2. The van der Waals surface area contributed by atoms with Gasteiger partial charge in [-0.1, -0.05) is 18.2 Å². The van der Waals surface area contributed by atoms with Crippen molar-refractivity contribution in [1.29, 1.82) is 0 Å². The monoisotopic (exact) mass is 397 g/mol. The fourth-order valence-electron chi connectivity index (χ4n) is 3.83. The molecule has 0 spiro atoms. The lowest BCUT2D eigenvalue weighted by molar-refractivity contribution is -0.151. The van der Waals surface area contributed by atoms with Gasteiger partial charge in [-0.05, 0) is 68.0 Å². The van der Waals surface area contributed by atoms with E-state index in [9.17, 15) is 9.59 Å². The second-order valence-corrected chi connectivity index (χ2v) is 7.83. The summed E-state index contributed by atoms with van der Waals surface area (Å²) in [5, 5.41) is 1.99. The van der Waals surface area contributed by atoms with Crippen molar-refractivity contribution in [3.8, 4) is 0 Å². The summed E-state index contributed by atoms with van der Waals surface area (Å²) in [6.07, 6.45) is 2.29. The van der Waals surface area contributed by atoms with Crippen molar-refractivity contribution < 1.29 is 14.3 Å². The maximum absolute atomic E-state index is 12.9. The summed E-state index contributed by atoms with van der Waals surface area (Å²) in [5.74, 6) is -1.50. The third-order valence-electron chi connectivity index (χ3n) is 5.28. The lowest BCUT2D eigenvalue weighted by Crippen LogP contribution is -2.33. The smallest absolute Gasteiger partial charge is 0.317 e. The van der Waals surface area contributed by atoms with E-state index < -0.39 is 11.9 Å². The Balaban J connectivity index is 1.91. The van der Waals surface area contributed by atoms with Crippen LogP contribution in [0, 0.1) is 5.92 Å². The quantitative estimate of drug-likeness (QED) is 0.492. The Bertz CT molecular complexity index is 835. The zero-order chi connectivity index (χ0) is 20.1. The second kappa shape index (κ2) is 9.20. The van der Waals surface area contributed by atoms with Crippen LogP contribution in [0.15, 0.2) is 47.9 Å².